The second-order valence-corrected chi connectivity index (χ2v) is 8.23. The normalized spacial score (nSPS) is 13.7. The molecule has 6 heteroatoms. The number of ketones is 1. The molecule has 0 bridgehead atoms. The van der Waals surface area contributed by atoms with Crippen molar-refractivity contribution in [3.05, 3.63) is 0 Å². The third kappa shape index (κ3) is 6.57. The number of carbonyl (C=O) groups excluding carboxylic acids is 1. The van der Waals surface area contributed by atoms with Crippen molar-refractivity contribution in [3.63, 3.8) is 0 Å². The fourth-order valence-corrected chi connectivity index (χ4v) is 4.41. The zero-order valence-corrected chi connectivity index (χ0v) is 13.3. The van der Waals surface area contributed by atoms with E-state index in [4.69, 9.17) is 13.3 Å². The van der Waals surface area contributed by atoms with Gasteiger partial charge in [0.15, 0.2) is 0 Å². The number of carbonyl (C=O) groups is 1. The minimum absolute atomic E-state index is 0.147. The Labute approximate surface area is 110 Å². The van der Waals surface area contributed by atoms with Gasteiger partial charge in [-0.25, -0.2) is 0 Å². The second-order valence-electron chi connectivity index (χ2n) is 3.99. The van der Waals surface area contributed by atoms with Crippen molar-refractivity contribution in [1.29, 1.82) is 0 Å². The molecule has 0 heterocycles. The maximum Gasteiger partial charge on any atom is 0.500 e. The van der Waals surface area contributed by atoms with Crippen molar-refractivity contribution in [2.24, 2.45) is 5.92 Å². The first-order valence-corrected chi connectivity index (χ1v) is 8.83. The van der Waals surface area contributed by atoms with Gasteiger partial charge in [0, 0.05) is 39.0 Å². The number of Topliss-reactive ketones (excluding diaryl/α,β-unsaturated/α-hetero) is 1. The van der Waals surface area contributed by atoms with Gasteiger partial charge in [-0.15, -0.1) is 0 Å². The van der Waals surface area contributed by atoms with Crippen LogP contribution in [0.1, 0.15) is 20.3 Å². The van der Waals surface area contributed by atoms with Crippen LogP contribution in [0.4, 0.5) is 0 Å². The van der Waals surface area contributed by atoms with Gasteiger partial charge in [0.05, 0.1) is 0 Å². The molecule has 4 nitrogen and oxygen atoms in total. The van der Waals surface area contributed by atoms with Crippen LogP contribution in [0.5, 0.6) is 0 Å². The van der Waals surface area contributed by atoms with E-state index >= 15 is 0 Å². The first-order valence-electron chi connectivity index (χ1n) is 5.75. The molecule has 0 aromatic carbocycles. The van der Waals surface area contributed by atoms with E-state index in [0.29, 0.717) is 0 Å². The van der Waals surface area contributed by atoms with Crippen molar-refractivity contribution in [1.82, 2.24) is 0 Å². The van der Waals surface area contributed by atoms with Gasteiger partial charge >= 0.3 is 8.80 Å². The van der Waals surface area contributed by atoms with E-state index in [9.17, 15) is 4.79 Å². The van der Waals surface area contributed by atoms with Gasteiger partial charge in [0.25, 0.3) is 0 Å². The molecule has 0 radical (unpaired) electrons. The van der Waals surface area contributed by atoms with Crippen LogP contribution in [-0.2, 0) is 18.1 Å². The minimum Gasteiger partial charge on any atom is -0.377 e. The lowest BCUT2D eigenvalue weighted by Gasteiger charge is -2.24. The van der Waals surface area contributed by atoms with Gasteiger partial charge in [-0.1, -0.05) is 6.92 Å². The highest BCUT2D eigenvalue weighted by Gasteiger charge is 2.36. The molecule has 0 spiro atoms. The average Bonchev–Trinajstić information content (AvgIpc) is 2.34. The Morgan fingerprint density at radius 2 is 1.76 bits per heavy atom. The van der Waals surface area contributed by atoms with Crippen LogP contribution in [0.2, 0.25) is 6.04 Å². The smallest absolute Gasteiger partial charge is 0.377 e. The predicted octanol–water partition coefficient (Wildman–Crippen LogP) is 2.21. The van der Waals surface area contributed by atoms with Crippen LogP contribution in [0.15, 0.2) is 0 Å². The van der Waals surface area contributed by atoms with Crippen LogP contribution >= 0.6 is 11.8 Å². The third-order valence-electron chi connectivity index (χ3n) is 2.77. The molecule has 17 heavy (non-hydrogen) atoms. The SMILES string of the molecule is CO[Si](CCCSCC(C)C(C)=O)(OC)OC. The molecule has 102 valence electrons. The van der Waals surface area contributed by atoms with Gasteiger partial charge in [0.1, 0.15) is 5.78 Å². The van der Waals surface area contributed by atoms with Gasteiger partial charge in [-0.2, -0.15) is 11.8 Å². The monoisotopic (exact) mass is 280 g/mol. The summed E-state index contributed by atoms with van der Waals surface area (Å²) in [4.78, 5) is 11.0. The lowest BCUT2D eigenvalue weighted by atomic mass is 10.1. The van der Waals surface area contributed by atoms with E-state index in [1.165, 1.54) is 0 Å². The van der Waals surface area contributed by atoms with Crippen LogP contribution in [-0.4, -0.2) is 47.4 Å². The molecule has 0 amide bonds. The Morgan fingerprint density at radius 3 is 2.18 bits per heavy atom. The third-order valence-corrected chi connectivity index (χ3v) is 6.91. The maximum absolute atomic E-state index is 11.0. The van der Waals surface area contributed by atoms with Crippen molar-refractivity contribution in [2.75, 3.05) is 32.8 Å². The zero-order valence-electron chi connectivity index (χ0n) is 11.4. The lowest BCUT2D eigenvalue weighted by Crippen LogP contribution is -2.42. The maximum atomic E-state index is 11.0. The summed E-state index contributed by atoms with van der Waals surface area (Å²) >= 11 is 1.80. The van der Waals surface area contributed by atoms with Crippen molar-refractivity contribution >= 4 is 26.3 Å². The second kappa shape index (κ2) is 9.10. The Hall–Kier alpha value is 0.117. The first-order chi connectivity index (χ1) is 8.01. The minimum atomic E-state index is -2.40. The highest BCUT2D eigenvalue weighted by atomic mass is 32.2. The van der Waals surface area contributed by atoms with Crippen LogP contribution in [0.25, 0.3) is 0 Å². The molecule has 1 unspecified atom stereocenters. The summed E-state index contributed by atoms with van der Waals surface area (Å²) in [5.41, 5.74) is 0. The van der Waals surface area contributed by atoms with Crippen molar-refractivity contribution in [3.8, 4) is 0 Å². The number of hydrogen-bond donors (Lipinski definition) is 0. The fraction of sp³-hybridized carbons (Fsp3) is 0.909. The molecule has 0 aliphatic rings. The summed E-state index contributed by atoms with van der Waals surface area (Å²) in [6.45, 7) is 3.61. The molecule has 0 N–H and O–H groups in total. The Balaban J connectivity index is 3.73. The van der Waals surface area contributed by atoms with E-state index in [1.807, 2.05) is 6.92 Å². The number of thioether (sulfide) groups is 1. The Bertz CT molecular complexity index is 213. The van der Waals surface area contributed by atoms with Crippen LogP contribution < -0.4 is 0 Å². The van der Waals surface area contributed by atoms with E-state index in [-0.39, 0.29) is 11.7 Å². The largest absolute Gasteiger partial charge is 0.500 e. The number of hydrogen-bond acceptors (Lipinski definition) is 5. The molecule has 0 rings (SSSR count). The Kier molecular flexibility index (Phi) is 9.16. The molecule has 0 aliphatic carbocycles. The first kappa shape index (κ1) is 17.1. The van der Waals surface area contributed by atoms with Gasteiger partial charge < -0.3 is 13.3 Å². The number of rotatable bonds is 10. The van der Waals surface area contributed by atoms with E-state index in [2.05, 4.69) is 0 Å². The summed E-state index contributed by atoms with van der Waals surface area (Å²) in [5.74, 6) is 2.29. The fourth-order valence-electron chi connectivity index (χ4n) is 1.32. The molecule has 0 fully saturated rings. The topological polar surface area (TPSA) is 44.8 Å². The molecule has 0 aromatic heterocycles. The van der Waals surface area contributed by atoms with E-state index in [1.54, 1.807) is 40.0 Å². The molecular formula is C11H24O4SSi. The quantitative estimate of drug-likeness (QED) is 0.453. The summed E-state index contributed by atoms with van der Waals surface area (Å²) < 4.78 is 16.0. The van der Waals surface area contributed by atoms with Crippen LogP contribution in [0, 0.1) is 5.92 Å². The Morgan fingerprint density at radius 1 is 1.24 bits per heavy atom. The standard InChI is InChI=1S/C11H24O4SSi/c1-10(11(2)12)9-16-7-6-8-17(13-3,14-4)15-5/h10H,6-9H2,1-5H3. The van der Waals surface area contributed by atoms with Gasteiger partial charge in [0.2, 0.25) is 0 Å². The summed E-state index contributed by atoms with van der Waals surface area (Å²) in [5, 5.41) is 0. The van der Waals surface area contributed by atoms with E-state index < -0.39 is 8.80 Å². The molecule has 0 saturated carbocycles. The van der Waals surface area contributed by atoms with Gasteiger partial charge in [-0.05, 0) is 19.1 Å². The molecule has 1 atom stereocenters. The van der Waals surface area contributed by atoms with Crippen molar-refractivity contribution in [2.45, 2.75) is 26.3 Å². The highest BCUT2D eigenvalue weighted by Crippen LogP contribution is 2.18. The average molecular weight is 280 g/mol. The predicted molar refractivity (Wildman–Crippen MR) is 73.4 cm³/mol. The molecule has 0 saturated heterocycles. The van der Waals surface area contributed by atoms with Gasteiger partial charge in [-0.3, -0.25) is 4.79 Å². The molecule has 0 aromatic rings. The van der Waals surface area contributed by atoms with Crippen LogP contribution in [0.3, 0.4) is 0 Å². The van der Waals surface area contributed by atoms with Crippen molar-refractivity contribution < 1.29 is 18.1 Å². The summed E-state index contributed by atoms with van der Waals surface area (Å²) in [6.07, 6.45) is 0.983. The highest BCUT2D eigenvalue weighted by molar-refractivity contribution is 7.99. The van der Waals surface area contributed by atoms with E-state index in [0.717, 1.165) is 24.0 Å². The molecule has 0 aliphatic heterocycles. The zero-order chi connectivity index (χ0) is 13.3. The summed E-state index contributed by atoms with van der Waals surface area (Å²) in [7, 11) is 2.49. The molecular weight excluding hydrogens is 256 g/mol. The lowest BCUT2D eigenvalue weighted by molar-refractivity contribution is -0.119. The summed E-state index contributed by atoms with van der Waals surface area (Å²) in [6, 6.07) is 0.817.